The number of hydrogen-bond acceptors (Lipinski definition) is 20. The van der Waals surface area contributed by atoms with Crippen LogP contribution in [0.25, 0.3) is 0 Å². The van der Waals surface area contributed by atoms with Crippen LogP contribution in [0.2, 0.25) is 0 Å². The highest BCUT2D eigenvalue weighted by atomic mass is 16.7. The number of hydrogen-bond donors (Lipinski definition) is 8. The number of benzene rings is 2. The van der Waals surface area contributed by atoms with Crippen molar-refractivity contribution in [1.82, 2.24) is 10.9 Å². The third kappa shape index (κ3) is 35.2. The van der Waals surface area contributed by atoms with Crippen molar-refractivity contribution < 1.29 is 67.6 Å². The number of Topliss-reactive ketones (excluding diaryl/α,β-unsaturated/α-hetero) is 12. The van der Waals surface area contributed by atoms with Crippen molar-refractivity contribution in [1.29, 1.82) is 0 Å². The Labute approximate surface area is 526 Å². The smallest absolute Gasteiger partial charge is 0.251 e. The molecule has 496 valence electrons. The molecule has 0 radical (unpaired) electrons. The Morgan fingerprint density at radius 2 is 0.692 bits per heavy atom. The van der Waals surface area contributed by atoms with E-state index in [1.807, 2.05) is 0 Å². The normalized spacial score (nSPS) is 13.3. The summed E-state index contributed by atoms with van der Waals surface area (Å²) < 4.78 is 0. The van der Waals surface area contributed by atoms with E-state index >= 15 is 0 Å². The molecule has 0 aliphatic heterocycles. The monoisotopic (exact) mass is 1270 g/mol. The molecule has 0 heterocycles. The lowest BCUT2D eigenvalue weighted by Crippen LogP contribution is -2.36. The second kappa shape index (κ2) is 42.3. The lowest BCUT2D eigenvalue weighted by Gasteiger charge is -2.19. The number of nitrogens with two attached hydrogens (primary N) is 6. The number of hydrazine groups is 2. The Bertz CT molecular complexity index is 3000. The number of carbonyl (C=O) groups excluding carboxylic acids is 12. The molecule has 2 aromatic rings. The van der Waals surface area contributed by atoms with Crippen LogP contribution < -0.4 is 45.3 Å². The average Bonchev–Trinajstić information content (AvgIpc) is 3.20. The highest BCUT2D eigenvalue weighted by Crippen LogP contribution is 2.26. The van der Waals surface area contributed by atoms with Crippen molar-refractivity contribution in [2.75, 3.05) is 26.2 Å². The highest BCUT2D eigenvalue weighted by molar-refractivity contribution is 6.09. The Kier molecular flexibility index (Phi) is 36.0. The molecule has 30 nitrogen and oxygen atoms in total. The van der Waals surface area contributed by atoms with Crippen LogP contribution in [0, 0.1) is 55.7 Å². The van der Waals surface area contributed by atoms with E-state index in [9.17, 15) is 77.8 Å². The molecule has 6 unspecified atom stereocenters. The van der Waals surface area contributed by atoms with E-state index in [0.29, 0.717) is 5.56 Å². The molecule has 30 heteroatoms. The van der Waals surface area contributed by atoms with Gasteiger partial charge in [-0.25, -0.2) is 30.2 Å². The van der Waals surface area contributed by atoms with E-state index < -0.39 is 179 Å². The van der Waals surface area contributed by atoms with E-state index in [-0.39, 0.29) is 121 Å². The van der Waals surface area contributed by atoms with E-state index in [0.717, 1.165) is 5.56 Å². The fourth-order valence-corrected chi connectivity index (χ4v) is 10.0. The summed E-state index contributed by atoms with van der Waals surface area (Å²) in [6.07, 6.45) is -5.42. The minimum absolute atomic E-state index is 0.0121. The highest BCUT2D eigenvalue weighted by Gasteiger charge is 2.33. The van der Waals surface area contributed by atoms with Gasteiger partial charge in [0.25, 0.3) is 11.9 Å². The van der Waals surface area contributed by atoms with Crippen LogP contribution in [0.1, 0.15) is 147 Å². The summed E-state index contributed by atoms with van der Waals surface area (Å²) in [6, 6.07) is 17.5. The quantitative estimate of drug-likeness (QED) is 0.0117. The predicted octanol–water partition coefficient (Wildman–Crippen LogP) is 2.19. The summed E-state index contributed by atoms with van der Waals surface area (Å²) in [5.74, 6) is -15.1. The van der Waals surface area contributed by atoms with Gasteiger partial charge in [0.15, 0.2) is 22.0 Å². The molecule has 2 rings (SSSR count). The van der Waals surface area contributed by atoms with Crippen molar-refractivity contribution in [3.63, 3.8) is 0 Å². The second-order valence-corrected chi connectivity index (χ2v) is 22.5. The Morgan fingerprint density at radius 1 is 0.407 bits per heavy atom. The third-order valence-corrected chi connectivity index (χ3v) is 14.6. The van der Waals surface area contributed by atoms with Crippen molar-refractivity contribution in [3.05, 3.63) is 92.0 Å². The van der Waals surface area contributed by atoms with Crippen molar-refractivity contribution in [2.45, 2.75) is 149 Å². The van der Waals surface area contributed by atoms with Crippen molar-refractivity contribution >= 4 is 93.2 Å². The molecule has 0 aliphatic carbocycles. The number of nitrogens with one attached hydrogen (secondary N) is 2. The predicted molar refractivity (Wildman–Crippen MR) is 335 cm³/mol. The molecule has 91 heavy (non-hydrogen) atoms. The first-order chi connectivity index (χ1) is 43.0. The van der Waals surface area contributed by atoms with Gasteiger partial charge in [-0.2, -0.15) is 0 Å². The summed E-state index contributed by atoms with van der Waals surface area (Å²) >= 11 is 0. The van der Waals surface area contributed by atoms with Crippen LogP contribution in [0.5, 0.6) is 0 Å². The van der Waals surface area contributed by atoms with Crippen LogP contribution in [-0.2, 0) is 70.4 Å². The molecule has 6 atom stereocenters. The molecule has 0 aliphatic rings. The van der Waals surface area contributed by atoms with E-state index in [1.165, 1.54) is 6.92 Å². The van der Waals surface area contributed by atoms with Gasteiger partial charge in [-0.05, 0) is 82.3 Å². The molecule has 0 aromatic heterocycles. The average molecular weight is 1270 g/mol. The Balaban J connectivity index is 2.34. The van der Waals surface area contributed by atoms with Gasteiger partial charge < -0.3 is 34.4 Å². The van der Waals surface area contributed by atoms with Crippen LogP contribution in [0.3, 0.4) is 0 Å². The molecule has 0 bridgehead atoms. The molecular formula is C61H86N14O16. The van der Waals surface area contributed by atoms with Gasteiger partial charge in [0.1, 0.15) is 69.4 Å². The number of aliphatic imine (C=N–C) groups is 4. The zero-order valence-electron chi connectivity index (χ0n) is 51.6. The lowest BCUT2D eigenvalue weighted by molar-refractivity contribution is -0.525. The molecule has 14 N–H and O–H groups in total. The Morgan fingerprint density at radius 3 is 1.01 bits per heavy atom. The largest absolute Gasteiger partial charge is 0.370 e. The van der Waals surface area contributed by atoms with Gasteiger partial charge in [-0.1, -0.05) is 78.4 Å². The summed E-state index contributed by atoms with van der Waals surface area (Å²) in [4.78, 5) is 200. The van der Waals surface area contributed by atoms with Gasteiger partial charge in [0, 0.05) is 93.8 Å². The zero-order valence-corrected chi connectivity index (χ0v) is 51.6. The molecule has 0 amide bonds. The van der Waals surface area contributed by atoms with Crippen LogP contribution in [0.4, 0.5) is 0 Å². The molecule has 0 saturated heterocycles. The fourth-order valence-electron chi connectivity index (χ4n) is 10.0. The van der Waals surface area contributed by atoms with Crippen LogP contribution >= 0.6 is 0 Å². The summed E-state index contributed by atoms with van der Waals surface area (Å²) in [7, 11) is 0. The van der Waals surface area contributed by atoms with E-state index in [2.05, 4.69) is 20.0 Å². The number of ketones is 12. The van der Waals surface area contributed by atoms with Crippen molar-refractivity contribution in [2.24, 2.45) is 89.9 Å². The first-order valence-corrected chi connectivity index (χ1v) is 29.9. The minimum atomic E-state index is -1.18. The standard InChI is InChI=1S/C61H86N14O16/c1-38(13-9-23-70-60(66)72-74(88)89)52(82)35-53(83)42(20-12-24-71-61(67)73-75(90)91)28-48(78)33-49(79)29-43(18-10-21-68-58(62)63)54(84)36-55(85)44(19-11-22-69-59(64)65)30-50(80)34-51(81)32-46(27-41-16-7-4-8-17-41)57(87)37-56(86)45(31-47(77)25-39(2)76)26-40-14-5-3-6-15-40/h3-8,14-17,38,42-46H,9-13,18-37H2,1-2H3,(H4,62,63,68)(H4,64,65,69)(H3,66,70,72)(H3,67,71,73). The maximum atomic E-state index is 14.2. The second-order valence-electron chi connectivity index (χ2n) is 22.5. The van der Waals surface area contributed by atoms with Gasteiger partial charge in [0.2, 0.25) is 0 Å². The van der Waals surface area contributed by atoms with Gasteiger partial charge in [-0.15, -0.1) is 0 Å². The number of nitrogens with zero attached hydrogens (tertiary/aromatic N) is 6. The van der Waals surface area contributed by atoms with Gasteiger partial charge in [0.05, 0.1) is 38.5 Å². The van der Waals surface area contributed by atoms with E-state index in [4.69, 9.17) is 34.4 Å². The maximum absolute atomic E-state index is 14.2. The third-order valence-electron chi connectivity index (χ3n) is 14.6. The van der Waals surface area contributed by atoms with Gasteiger partial charge >= 0.3 is 0 Å². The fraction of sp³-hybridized carbons (Fsp3) is 0.541. The van der Waals surface area contributed by atoms with E-state index in [1.54, 1.807) is 78.4 Å². The SMILES string of the molecule is CC(=O)CC(=O)CC(Cc1ccccc1)C(=O)CC(=O)C(CC(=O)CC(=O)CC(CCCN=C(N)N)C(=O)CC(=O)C(CCCN=C(N)N)CC(=O)CC(=O)CC(CCCN=C(N)N[N+](=O)[O-])C(=O)CC(=O)C(C)CCCN=C(N)N[N+](=O)[O-])Cc1ccccc1. The first kappa shape index (κ1) is 77.5. The van der Waals surface area contributed by atoms with Crippen LogP contribution in [-0.4, -0.2) is 129 Å². The molecule has 0 saturated carbocycles. The van der Waals surface area contributed by atoms with Gasteiger partial charge in [-0.3, -0.25) is 67.5 Å². The molecule has 0 spiro atoms. The number of guanidine groups is 4. The summed E-state index contributed by atoms with van der Waals surface area (Å²) in [6.45, 7) is 2.74. The summed E-state index contributed by atoms with van der Waals surface area (Å²) in [5, 5.41) is 19.5. The number of rotatable bonds is 50. The zero-order chi connectivity index (χ0) is 68.0. The number of nitro groups is 2. The molecule has 0 fully saturated rings. The first-order valence-electron chi connectivity index (χ1n) is 29.9. The minimum Gasteiger partial charge on any atom is -0.370 e. The molecule has 2 aromatic carbocycles. The Hall–Kier alpha value is -9.64. The van der Waals surface area contributed by atoms with Crippen molar-refractivity contribution in [3.8, 4) is 0 Å². The number of carbonyl (C=O) groups is 12. The summed E-state index contributed by atoms with van der Waals surface area (Å²) in [5.41, 5.74) is 37.7. The maximum Gasteiger partial charge on any atom is 0.251 e. The lowest BCUT2D eigenvalue weighted by atomic mass is 9.82. The topological polar surface area (TPSA) is 521 Å². The molecular weight excluding hydrogens is 1180 g/mol. The van der Waals surface area contributed by atoms with Crippen LogP contribution in [0.15, 0.2) is 80.6 Å².